The number of carboxylic acid groups (broad SMARTS) is 1. The molecule has 0 bridgehead atoms. The fraction of sp³-hybridized carbons (Fsp3) is 0.614. The number of rotatable bonds is 55. The molecule has 0 aromatic rings. The number of aliphatic carboxylic acids is 1. The Morgan fingerprint density at radius 1 is 0.380 bits per heavy atom. The Kier molecular flexibility index (Phi) is 55.7. The lowest BCUT2D eigenvalue weighted by molar-refractivity contribution is -0.870. The minimum Gasteiger partial charge on any atom is -0.545 e. The maximum absolute atomic E-state index is 12.9. The summed E-state index contributed by atoms with van der Waals surface area (Å²) in [7, 11) is 5.90. The first-order valence-corrected chi connectivity index (χ1v) is 31.0. The van der Waals surface area contributed by atoms with Crippen molar-refractivity contribution in [2.24, 2.45) is 0 Å². The molecule has 0 N–H and O–H groups in total. The normalized spacial score (nSPS) is 13.8. The topological polar surface area (TPSA) is 111 Å². The number of nitrogens with zero attached hydrogens (tertiary/aromatic N) is 1. The van der Waals surface area contributed by atoms with E-state index < -0.39 is 24.3 Å². The third-order valence-corrected chi connectivity index (χ3v) is 12.6. The molecule has 0 saturated carbocycles. The van der Waals surface area contributed by atoms with Crippen LogP contribution in [-0.4, -0.2) is 82.3 Å². The van der Waals surface area contributed by atoms with Crippen molar-refractivity contribution in [1.82, 2.24) is 0 Å². The van der Waals surface area contributed by atoms with E-state index in [1.807, 2.05) is 21.1 Å². The minimum atomic E-state index is -1.63. The first-order valence-electron chi connectivity index (χ1n) is 31.0. The smallest absolute Gasteiger partial charge is 0.306 e. The zero-order valence-electron chi connectivity index (χ0n) is 50.7. The average Bonchev–Trinajstić information content (AvgIpc) is 3.42. The number of carbonyl (C=O) groups excluding carboxylic acids is 3. The third-order valence-electron chi connectivity index (χ3n) is 12.6. The van der Waals surface area contributed by atoms with E-state index in [4.69, 9.17) is 18.9 Å². The van der Waals surface area contributed by atoms with Crippen LogP contribution in [0.25, 0.3) is 0 Å². The predicted molar refractivity (Wildman–Crippen MR) is 333 cm³/mol. The molecule has 0 aliphatic heterocycles. The number of quaternary nitrogens is 1. The molecule has 0 spiro atoms. The lowest BCUT2D eigenvalue weighted by Crippen LogP contribution is -2.44. The summed E-state index contributed by atoms with van der Waals surface area (Å²) in [6.07, 6.45) is 83.4. The molecule has 0 saturated heterocycles. The van der Waals surface area contributed by atoms with Crippen molar-refractivity contribution in [1.29, 1.82) is 0 Å². The Balaban J connectivity index is 4.16. The number of hydrogen-bond acceptors (Lipinski definition) is 8. The van der Waals surface area contributed by atoms with Crippen molar-refractivity contribution in [3.8, 4) is 0 Å². The summed E-state index contributed by atoms with van der Waals surface area (Å²) in [4.78, 5) is 37.3. The lowest BCUT2D eigenvalue weighted by atomic mass is 10.0. The van der Waals surface area contributed by atoms with Gasteiger partial charge >= 0.3 is 11.9 Å². The molecule has 9 heteroatoms. The van der Waals surface area contributed by atoms with E-state index in [1.165, 1.54) is 44.9 Å². The summed E-state index contributed by atoms with van der Waals surface area (Å²) in [6, 6.07) is 0. The first-order chi connectivity index (χ1) is 38.6. The molecule has 0 heterocycles. The van der Waals surface area contributed by atoms with Crippen molar-refractivity contribution >= 4 is 17.9 Å². The molecular weight excluding hydrogens is 983 g/mol. The molecule has 0 aliphatic rings. The van der Waals surface area contributed by atoms with Crippen molar-refractivity contribution in [3.05, 3.63) is 146 Å². The first kappa shape index (κ1) is 74.2. The van der Waals surface area contributed by atoms with E-state index in [9.17, 15) is 19.5 Å². The number of carbonyl (C=O) groups is 3. The van der Waals surface area contributed by atoms with Gasteiger partial charge in [0.15, 0.2) is 12.4 Å². The predicted octanol–water partition coefficient (Wildman–Crippen LogP) is 17.5. The van der Waals surface area contributed by atoms with Crippen LogP contribution in [0.2, 0.25) is 0 Å². The second-order valence-corrected chi connectivity index (χ2v) is 21.2. The quantitative estimate of drug-likeness (QED) is 0.0195. The fourth-order valence-corrected chi connectivity index (χ4v) is 7.90. The van der Waals surface area contributed by atoms with E-state index in [0.29, 0.717) is 23.9 Å². The number of hydrogen-bond donors (Lipinski definition) is 0. The number of carboxylic acids is 1. The van der Waals surface area contributed by atoms with Gasteiger partial charge in [-0.05, 0) is 116 Å². The monoisotopic (exact) mass is 1100 g/mol. The molecule has 2 atom stereocenters. The molecule has 0 radical (unpaired) electrons. The Hall–Kier alpha value is -4.83. The van der Waals surface area contributed by atoms with Gasteiger partial charge in [0.25, 0.3) is 0 Å². The SMILES string of the molecule is CC/C=C\C/C=C\C/C=C\C/C=C\C/C=C\C/C=C\C/C=C\C/C=C\C/C=C\CCCCCCCCCCCCCC(=O)OC(COC(=O)CCCCCCC/C=C\C/C=C\C/C=C\CC)COC(OCC[N+](C)(C)C)C(=O)[O-]. The molecule has 0 rings (SSSR count). The van der Waals surface area contributed by atoms with Crippen LogP contribution >= 0.6 is 0 Å². The molecule has 9 nitrogen and oxygen atoms in total. The largest absolute Gasteiger partial charge is 0.545 e. The van der Waals surface area contributed by atoms with Crippen molar-refractivity contribution < 1.29 is 42.9 Å². The van der Waals surface area contributed by atoms with E-state index in [0.717, 1.165) is 135 Å². The van der Waals surface area contributed by atoms with Gasteiger partial charge in [-0.15, -0.1) is 0 Å². The van der Waals surface area contributed by atoms with Gasteiger partial charge in [0.2, 0.25) is 0 Å². The molecule has 79 heavy (non-hydrogen) atoms. The summed E-state index contributed by atoms with van der Waals surface area (Å²) in [5.41, 5.74) is 0. The third kappa shape index (κ3) is 60.7. The van der Waals surface area contributed by atoms with Gasteiger partial charge in [0.1, 0.15) is 13.2 Å². The van der Waals surface area contributed by atoms with Crippen LogP contribution < -0.4 is 5.11 Å². The Morgan fingerprint density at radius 2 is 0.684 bits per heavy atom. The van der Waals surface area contributed by atoms with E-state index >= 15 is 0 Å². The Morgan fingerprint density at radius 3 is 1.01 bits per heavy atom. The maximum atomic E-state index is 12.9. The highest BCUT2D eigenvalue weighted by Crippen LogP contribution is 2.15. The highest BCUT2D eigenvalue weighted by Gasteiger charge is 2.22. The summed E-state index contributed by atoms with van der Waals surface area (Å²) in [5, 5.41) is 11.8. The van der Waals surface area contributed by atoms with Crippen molar-refractivity contribution in [2.75, 3.05) is 47.5 Å². The average molecular weight is 1100 g/mol. The number of allylic oxidation sites excluding steroid dienone is 24. The van der Waals surface area contributed by atoms with E-state index in [1.54, 1.807) is 0 Å². The van der Waals surface area contributed by atoms with Gasteiger partial charge < -0.3 is 33.3 Å². The van der Waals surface area contributed by atoms with Crippen LogP contribution in [-0.2, 0) is 33.3 Å². The molecular formula is C70H113NO8. The number of esters is 2. The molecule has 0 aliphatic carbocycles. The second-order valence-electron chi connectivity index (χ2n) is 21.2. The zero-order valence-corrected chi connectivity index (χ0v) is 50.7. The molecule has 446 valence electrons. The van der Waals surface area contributed by atoms with E-state index in [-0.39, 0.29) is 38.6 Å². The van der Waals surface area contributed by atoms with Gasteiger partial charge in [0.05, 0.1) is 40.3 Å². The molecule has 0 fully saturated rings. The van der Waals surface area contributed by atoms with Crippen molar-refractivity contribution in [2.45, 2.75) is 232 Å². The molecule has 0 aromatic carbocycles. The molecule has 2 unspecified atom stereocenters. The van der Waals surface area contributed by atoms with Gasteiger partial charge in [-0.25, -0.2) is 0 Å². The minimum absolute atomic E-state index is 0.137. The molecule has 0 aromatic heterocycles. The number of likely N-dealkylation sites (N-methyl/N-ethyl adjacent to an activating group) is 1. The second kappa shape index (κ2) is 59.3. The molecule has 0 amide bonds. The van der Waals surface area contributed by atoms with Crippen LogP contribution in [0.5, 0.6) is 0 Å². The van der Waals surface area contributed by atoms with Crippen LogP contribution in [0.15, 0.2) is 146 Å². The van der Waals surface area contributed by atoms with Crippen LogP contribution in [0.1, 0.15) is 219 Å². The van der Waals surface area contributed by atoms with Crippen LogP contribution in [0.4, 0.5) is 0 Å². The van der Waals surface area contributed by atoms with Gasteiger partial charge in [0, 0.05) is 12.8 Å². The van der Waals surface area contributed by atoms with E-state index in [2.05, 4.69) is 160 Å². The Bertz CT molecular complexity index is 1800. The van der Waals surface area contributed by atoms with Gasteiger partial charge in [-0.3, -0.25) is 9.59 Å². The highest BCUT2D eigenvalue weighted by atomic mass is 16.7. The summed E-state index contributed by atoms with van der Waals surface area (Å²) < 4.78 is 22.7. The summed E-state index contributed by atoms with van der Waals surface area (Å²) >= 11 is 0. The van der Waals surface area contributed by atoms with Crippen LogP contribution in [0.3, 0.4) is 0 Å². The van der Waals surface area contributed by atoms with Gasteiger partial charge in [-0.1, -0.05) is 237 Å². The summed E-state index contributed by atoms with van der Waals surface area (Å²) in [6.45, 7) is 4.47. The van der Waals surface area contributed by atoms with Crippen molar-refractivity contribution in [3.63, 3.8) is 0 Å². The number of ether oxygens (including phenoxy) is 4. The zero-order chi connectivity index (χ0) is 57.6. The highest BCUT2D eigenvalue weighted by molar-refractivity contribution is 5.70. The lowest BCUT2D eigenvalue weighted by Gasteiger charge is -2.26. The summed E-state index contributed by atoms with van der Waals surface area (Å²) in [5.74, 6) is -2.32. The Labute approximate surface area is 483 Å². The van der Waals surface area contributed by atoms with Crippen LogP contribution in [0, 0.1) is 0 Å². The fourth-order valence-electron chi connectivity index (χ4n) is 7.90. The standard InChI is InChI=1S/C70H113NO8/c1-6-8-10-12-14-16-18-20-22-23-24-25-26-27-28-29-30-31-32-33-34-35-36-37-38-39-40-41-42-43-44-45-47-49-51-53-55-57-59-61-68(73)79-66(65-78-70(69(74)75)76-63-62-71(3,4)5)64-77-67(72)60-58-56-54-52-50-48-46-21-19-17-15-13-11-9-7-2/h8-11,14-17,20-22,24-25,27-28,30-31,33-34,36-37,39-40,46,66,70H,6-7,12-13,18-19,23,26,29,32,35,38,41-45,47-65H2,1-5H3/b10-8-,11-9-,16-14-,17-15-,22-20-,25-24-,28-27-,31-30-,34-33-,37-36-,40-39-,46-21-. The maximum Gasteiger partial charge on any atom is 0.306 e. The number of unbranched alkanes of at least 4 members (excludes halogenated alkanes) is 16. The van der Waals surface area contributed by atoms with Gasteiger partial charge in [-0.2, -0.15) is 0 Å².